The topological polar surface area (TPSA) is 76.0 Å². The van der Waals surface area contributed by atoms with Crippen molar-refractivity contribution in [2.24, 2.45) is 0 Å². The molecule has 0 fully saturated rings. The fraction of sp³-hybridized carbons (Fsp3) is 0.417. The summed E-state index contributed by atoms with van der Waals surface area (Å²) in [4.78, 5) is 10.6. The van der Waals surface area contributed by atoms with E-state index in [0.717, 1.165) is 6.42 Å². The molecule has 0 saturated heterocycles. The van der Waals surface area contributed by atoms with E-state index in [1.165, 1.54) is 0 Å². The minimum atomic E-state index is -0.919. The third-order valence-corrected chi connectivity index (χ3v) is 3.25. The minimum absolute atomic E-state index is 0.0144. The number of rotatable bonds is 3. The molecule has 6 heteroatoms. The summed E-state index contributed by atoms with van der Waals surface area (Å²) in [7, 11) is 0. The van der Waals surface area contributed by atoms with Gasteiger partial charge in [0.1, 0.15) is 5.75 Å². The molecule has 1 aliphatic rings. The molecule has 2 N–H and O–H groups in total. The number of phenols is 1. The number of hydrogen-bond donors (Lipinski definition) is 2. The molecule has 0 unspecified atom stereocenters. The van der Waals surface area contributed by atoms with Crippen LogP contribution < -0.4 is 9.47 Å². The summed E-state index contributed by atoms with van der Waals surface area (Å²) in [5, 5.41) is 18.7. The van der Waals surface area contributed by atoms with E-state index in [1.54, 1.807) is 6.07 Å². The van der Waals surface area contributed by atoms with Crippen molar-refractivity contribution in [1.29, 1.82) is 0 Å². The summed E-state index contributed by atoms with van der Waals surface area (Å²) in [6.45, 7) is 1.04. The molecule has 1 aromatic rings. The third-order valence-electron chi connectivity index (χ3n) is 2.65. The van der Waals surface area contributed by atoms with Gasteiger partial charge in [-0.1, -0.05) is 0 Å². The average molecular weight is 317 g/mol. The van der Waals surface area contributed by atoms with Crippen molar-refractivity contribution in [3.05, 3.63) is 16.1 Å². The number of carboxylic acid groups (broad SMARTS) is 1. The van der Waals surface area contributed by atoms with Gasteiger partial charge in [-0.3, -0.25) is 4.79 Å². The Hall–Kier alpha value is -1.43. The number of fused-ring (bicyclic) bond motifs is 1. The van der Waals surface area contributed by atoms with Crippen LogP contribution in [0, 0.1) is 0 Å². The molecule has 5 nitrogen and oxygen atoms in total. The zero-order valence-electron chi connectivity index (χ0n) is 9.61. The SMILES string of the molecule is O=C(O)CCc1c(O)c(Br)cc2c1OCCCO2. The number of aromatic hydroxyl groups is 1. The van der Waals surface area contributed by atoms with Crippen LogP contribution in [0.25, 0.3) is 0 Å². The normalized spacial score (nSPS) is 14.1. The maximum absolute atomic E-state index is 10.6. The van der Waals surface area contributed by atoms with Gasteiger partial charge in [0, 0.05) is 24.5 Å². The molecule has 18 heavy (non-hydrogen) atoms. The van der Waals surface area contributed by atoms with Gasteiger partial charge in [0.15, 0.2) is 11.5 Å². The Kier molecular flexibility index (Phi) is 3.96. The molecule has 0 aromatic heterocycles. The van der Waals surface area contributed by atoms with Gasteiger partial charge in [0.2, 0.25) is 0 Å². The highest BCUT2D eigenvalue weighted by atomic mass is 79.9. The Morgan fingerprint density at radius 2 is 2.11 bits per heavy atom. The fourth-order valence-corrected chi connectivity index (χ4v) is 2.24. The van der Waals surface area contributed by atoms with Crippen molar-refractivity contribution in [3.8, 4) is 17.2 Å². The van der Waals surface area contributed by atoms with E-state index in [4.69, 9.17) is 14.6 Å². The first-order valence-corrected chi connectivity index (χ1v) is 6.40. The second-order valence-electron chi connectivity index (χ2n) is 3.96. The van der Waals surface area contributed by atoms with Gasteiger partial charge >= 0.3 is 5.97 Å². The van der Waals surface area contributed by atoms with Crippen LogP contribution in [0.2, 0.25) is 0 Å². The summed E-state index contributed by atoms with van der Waals surface area (Å²) in [6, 6.07) is 1.64. The Morgan fingerprint density at radius 1 is 1.39 bits per heavy atom. The van der Waals surface area contributed by atoms with Crippen molar-refractivity contribution < 1.29 is 24.5 Å². The highest BCUT2D eigenvalue weighted by Crippen LogP contribution is 2.43. The molecule has 0 atom stereocenters. The van der Waals surface area contributed by atoms with Crippen LogP contribution in [0.4, 0.5) is 0 Å². The molecule has 1 aliphatic heterocycles. The molecule has 0 bridgehead atoms. The van der Waals surface area contributed by atoms with Crippen LogP contribution in [-0.4, -0.2) is 29.4 Å². The van der Waals surface area contributed by atoms with Gasteiger partial charge in [-0.15, -0.1) is 0 Å². The lowest BCUT2D eigenvalue weighted by Crippen LogP contribution is -2.02. The minimum Gasteiger partial charge on any atom is -0.506 e. The largest absolute Gasteiger partial charge is 0.506 e. The zero-order valence-corrected chi connectivity index (χ0v) is 11.2. The lowest BCUT2D eigenvalue weighted by molar-refractivity contribution is -0.136. The van der Waals surface area contributed by atoms with Crippen LogP contribution >= 0.6 is 15.9 Å². The van der Waals surface area contributed by atoms with Crippen molar-refractivity contribution >= 4 is 21.9 Å². The first-order chi connectivity index (χ1) is 8.59. The number of carboxylic acids is 1. The van der Waals surface area contributed by atoms with E-state index < -0.39 is 5.97 Å². The van der Waals surface area contributed by atoms with E-state index in [9.17, 15) is 9.90 Å². The van der Waals surface area contributed by atoms with Crippen molar-refractivity contribution in [1.82, 2.24) is 0 Å². The second-order valence-corrected chi connectivity index (χ2v) is 4.81. The number of aliphatic carboxylic acids is 1. The number of halogens is 1. The van der Waals surface area contributed by atoms with Crippen molar-refractivity contribution in [3.63, 3.8) is 0 Å². The lowest BCUT2D eigenvalue weighted by atomic mass is 10.1. The Morgan fingerprint density at radius 3 is 2.83 bits per heavy atom. The molecule has 0 radical (unpaired) electrons. The van der Waals surface area contributed by atoms with Crippen LogP contribution in [0.3, 0.4) is 0 Å². The second kappa shape index (κ2) is 5.48. The molecule has 0 amide bonds. The third kappa shape index (κ3) is 2.69. The van der Waals surface area contributed by atoms with Crippen molar-refractivity contribution in [2.45, 2.75) is 19.3 Å². The average Bonchev–Trinajstić information content (AvgIpc) is 2.54. The predicted octanol–water partition coefficient (Wildman–Crippen LogP) is 2.33. The van der Waals surface area contributed by atoms with Crippen LogP contribution in [-0.2, 0) is 11.2 Å². The number of phenolic OH excluding ortho intramolecular Hbond substituents is 1. The molecule has 98 valence electrons. The summed E-state index contributed by atoms with van der Waals surface area (Å²) >= 11 is 3.22. The standard InChI is InChI=1S/C12H13BrO5/c13-8-6-9-12(18-5-1-4-17-9)7(11(8)16)2-3-10(14)15/h6,16H,1-5H2,(H,14,15). The highest BCUT2D eigenvalue weighted by Gasteiger charge is 2.21. The van der Waals surface area contributed by atoms with Gasteiger partial charge in [0.05, 0.1) is 17.7 Å². The molecular weight excluding hydrogens is 304 g/mol. The zero-order chi connectivity index (χ0) is 13.1. The monoisotopic (exact) mass is 316 g/mol. The van der Waals surface area contributed by atoms with E-state index in [1.807, 2.05) is 0 Å². The van der Waals surface area contributed by atoms with Crippen LogP contribution in [0.5, 0.6) is 17.2 Å². The molecule has 2 rings (SSSR count). The lowest BCUT2D eigenvalue weighted by Gasteiger charge is -2.14. The number of hydrogen-bond acceptors (Lipinski definition) is 4. The van der Waals surface area contributed by atoms with E-state index >= 15 is 0 Å². The first-order valence-electron chi connectivity index (χ1n) is 5.61. The first kappa shape index (κ1) is 13.0. The molecule has 0 saturated carbocycles. The van der Waals surface area contributed by atoms with E-state index in [-0.39, 0.29) is 18.6 Å². The Bertz CT molecular complexity index is 472. The fourth-order valence-electron chi connectivity index (χ4n) is 1.79. The smallest absolute Gasteiger partial charge is 0.303 e. The van der Waals surface area contributed by atoms with Gasteiger partial charge < -0.3 is 19.7 Å². The maximum Gasteiger partial charge on any atom is 0.303 e. The summed E-state index contributed by atoms with van der Waals surface area (Å²) in [5.74, 6) is 0.0881. The molecule has 0 spiro atoms. The van der Waals surface area contributed by atoms with Gasteiger partial charge in [0.25, 0.3) is 0 Å². The molecule has 1 heterocycles. The molecule has 0 aliphatic carbocycles. The van der Waals surface area contributed by atoms with Crippen molar-refractivity contribution in [2.75, 3.05) is 13.2 Å². The molecule has 1 aromatic carbocycles. The number of carbonyl (C=O) groups is 1. The highest BCUT2D eigenvalue weighted by molar-refractivity contribution is 9.10. The van der Waals surface area contributed by atoms with Gasteiger partial charge in [-0.2, -0.15) is 0 Å². The van der Waals surface area contributed by atoms with Gasteiger partial charge in [-0.05, 0) is 22.4 Å². The Balaban J connectivity index is 2.40. The van der Waals surface area contributed by atoms with Crippen LogP contribution in [0.1, 0.15) is 18.4 Å². The summed E-state index contributed by atoms with van der Waals surface area (Å²) in [6.07, 6.45) is 0.886. The van der Waals surface area contributed by atoms with Gasteiger partial charge in [-0.25, -0.2) is 0 Å². The molecular formula is C12H13BrO5. The Labute approximate surface area is 112 Å². The van der Waals surface area contributed by atoms with E-state index in [2.05, 4.69) is 15.9 Å². The summed E-state index contributed by atoms with van der Waals surface area (Å²) < 4.78 is 11.5. The number of ether oxygens (including phenoxy) is 2. The maximum atomic E-state index is 10.6. The predicted molar refractivity (Wildman–Crippen MR) is 67.4 cm³/mol. The summed E-state index contributed by atoms with van der Waals surface area (Å²) in [5.41, 5.74) is 0.476. The quantitative estimate of drug-likeness (QED) is 0.895. The van der Waals surface area contributed by atoms with E-state index in [0.29, 0.717) is 34.7 Å². The van der Waals surface area contributed by atoms with Crippen LogP contribution in [0.15, 0.2) is 10.5 Å². The number of benzene rings is 1.